The molecule has 96 valence electrons. The molecular formula is C10H17IN4OS. The molecule has 1 atom stereocenters. The fourth-order valence-corrected chi connectivity index (χ4v) is 2.10. The van der Waals surface area contributed by atoms with Crippen molar-refractivity contribution in [1.82, 2.24) is 10.3 Å². The summed E-state index contributed by atoms with van der Waals surface area (Å²) in [7, 11) is 0. The molecule has 3 N–H and O–H groups in total. The highest BCUT2D eigenvalue weighted by atomic mass is 127. The lowest BCUT2D eigenvalue weighted by Crippen LogP contribution is -2.37. The van der Waals surface area contributed by atoms with Crippen LogP contribution in [-0.2, 0) is 11.3 Å². The smallest absolute Gasteiger partial charge is 0.189 e. The number of aromatic nitrogens is 1. The first-order chi connectivity index (χ1) is 7.84. The maximum atomic E-state index is 5.73. The molecule has 1 unspecified atom stereocenters. The maximum absolute atomic E-state index is 5.73. The molecule has 1 fully saturated rings. The van der Waals surface area contributed by atoms with E-state index in [1.165, 1.54) is 0 Å². The molecule has 17 heavy (non-hydrogen) atoms. The summed E-state index contributed by atoms with van der Waals surface area (Å²) in [6.45, 7) is 2.15. The Hall–Kier alpha value is -0.410. The number of nitrogens with zero attached hydrogens (tertiary/aromatic N) is 2. The van der Waals surface area contributed by atoms with Crippen LogP contribution in [0, 0.1) is 0 Å². The number of hydrogen-bond acceptors (Lipinski definition) is 4. The van der Waals surface area contributed by atoms with Gasteiger partial charge in [-0.05, 0) is 12.8 Å². The van der Waals surface area contributed by atoms with Crippen LogP contribution in [-0.4, -0.2) is 30.2 Å². The standard InChI is InChI=1S/C10H16N4OS.HI/c11-10(13-6-8-2-1-4-15-8)14-7-9-12-3-5-16-9;/h3,5,8H,1-2,4,6-7H2,(H3,11,13,14);1H. The third kappa shape index (κ3) is 5.17. The SMILES string of the molecule is I.NC(=NCc1nccs1)NCC1CCCO1. The van der Waals surface area contributed by atoms with Crippen molar-refractivity contribution in [1.29, 1.82) is 0 Å². The first-order valence-electron chi connectivity index (χ1n) is 5.38. The normalized spacial score (nSPS) is 20.0. The van der Waals surface area contributed by atoms with E-state index in [1.54, 1.807) is 17.5 Å². The summed E-state index contributed by atoms with van der Waals surface area (Å²) in [6.07, 6.45) is 4.30. The van der Waals surface area contributed by atoms with E-state index in [2.05, 4.69) is 15.3 Å². The Bertz CT molecular complexity index is 338. The Kier molecular flexibility index (Phi) is 6.75. The summed E-state index contributed by atoms with van der Waals surface area (Å²) in [5.74, 6) is 0.464. The summed E-state index contributed by atoms with van der Waals surface area (Å²) in [5, 5.41) is 5.97. The number of nitrogens with two attached hydrogens (primary N) is 1. The average molecular weight is 368 g/mol. The quantitative estimate of drug-likeness (QED) is 0.478. The molecule has 0 bridgehead atoms. The van der Waals surface area contributed by atoms with Crippen LogP contribution in [0.3, 0.4) is 0 Å². The Morgan fingerprint density at radius 1 is 1.71 bits per heavy atom. The van der Waals surface area contributed by atoms with Crippen molar-refractivity contribution in [2.75, 3.05) is 13.2 Å². The van der Waals surface area contributed by atoms with Gasteiger partial charge in [-0.15, -0.1) is 35.3 Å². The maximum Gasteiger partial charge on any atom is 0.189 e. The number of thiazole rings is 1. The molecule has 0 aromatic carbocycles. The van der Waals surface area contributed by atoms with Crippen LogP contribution in [0.1, 0.15) is 17.8 Å². The molecule has 0 spiro atoms. The number of nitrogens with one attached hydrogen (secondary N) is 1. The second-order valence-electron chi connectivity index (χ2n) is 3.64. The van der Waals surface area contributed by atoms with Crippen LogP contribution in [0.15, 0.2) is 16.6 Å². The zero-order valence-electron chi connectivity index (χ0n) is 9.46. The molecule has 2 heterocycles. The van der Waals surface area contributed by atoms with Crippen LogP contribution >= 0.6 is 35.3 Å². The summed E-state index contributed by atoms with van der Waals surface area (Å²) < 4.78 is 5.47. The van der Waals surface area contributed by atoms with Crippen LogP contribution in [0.4, 0.5) is 0 Å². The molecule has 0 saturated carbocycles. The van der Waals surface area contributed by atoms with E-state index < -0.39 is 0 Å². The minimum absolute atomic E-state index is 0. The molecule has 0 amide bonds. The van der Waals surface area contributed by atoms with Gasteiger partial charge in [-0.25, -0.2) is 9.98 Å². The summed E-state index contributed by atoms with van der Waals surface area (Å²) in [5.41, 5.74) is 5.73. The van der Waals surface area contributed by atoms with Crippen LogP contribution in [0.2, 0.25) is 0 Å². The van der Waals surface area contributed by atoms with Crippen molar-refractivity contribution < 1.29 is 4.74 Å². The molecular weight excluding hydrogens is 351 g/mol. The van der Waals surface area contributed by atoms with Crippen molar-refractivity contribution in [2.24, 2.45) is 10.7 Å². The lowest BCUT2D eigenvalue weighted by atomic mass is 10.2. The van der Waals surface area contributed by atoms with E-state index >= 15 is 0 Å². The van der Waals surface area contributed by atoms with E-state index in [1.807, 2.05) is 5.38 Å². The Balaban J connectivity index is 0.00000144. The van der Waals surface area contributed by atoms with Crippen molar-refractivity contribution in [3.63, 3.8) is 0 Å². The monoisotopic (exact) mass is 368 g/mol. The Morgan fingerprint density at radius 3 is 3.24 bits per heavy atom. The second kappa shape index (κ2) is 7.83. The van der Waals surface area contributed by atoms with Gasteiger partial charge in [0, 0.05) is 24.7 Å². The highest BCUT2D eigenvalue weighted by Gasteiger charge is 2.14. The van der Waals surface area contributed by atoms with Gasteiger partial charge in [-0.3, -0.25) is 0 Å². The molecule has 7 heteroatoms. The van der Waals surface area contributed by atoms with Gasteiger partial charge in [0.2, 0.25) is 0 Å². The Morgan fingerprint density at radius 2 is 2.59 bits per heavy atom. The van der Waals surface area contributed by atoms with Gasteiger partial charge in [-0.1, -0.05) is 0 Å². The van der Waals surface area contributed by atoms with Gasteiger partial charge >= 0.3 is 0 Å². The van der Waals surface area contributed by atoms with Crippen LogP contribution in [0.5, 0.6) is 0 Å². The molecule has 0 radical (unpaired) electrons. The first-order valence-corrected chi connectivity index (χ1v) is 6.26. The topological polar surface area (TPSA) is 72.5 Å². The van der Waals surface area contributed by atoms with Crippen molar-refractivity contribution in [3.05, 3.63) is 16.6 Å². The lowest BCUT2D eigenvalue weighted by Gasteiger charge is -2.10. The third-order valence-corrected chi connectivity index (χ3v) is 3.17. The van der Waals surface area contributed by atoms with E-state index in [9.17, 15) is 0 Å². The fourth-order valence-electron chi connectivity index (χ4n) is 1.56. The molecule has 1 aromatic rings. The minimum atomic E-state index is 0. The predicted octanol–water partition coefficient (Wildman–Crippen LogP) is 1.34. The molecule has 1 aliphatic heterocycles. The predicted molar refractivity (Wildman–Crippen MR) is 79.8 cm³/mol. The highest BCUT2D eigenvalue weighted by molar-refractivity contribution is 14.0. The lowest BCUT2D eigenvalue weighted by molar-refractivity contribution is 0.114. The molecule has 5 nitrogen and oxygen atoms in total. The fraction of sp³-hybridized carbons (Fsp3) is 0.600. The van der Waals surface area contributed by atoms with Gasteiger partial charge in [0.25, 0.3) is 0 Å². The number of rotatable bonds is 4. The van der Waals surface area contributed by atoms with E-state index in [0.717, 1.165) is 31.0 Å². The summed E-state index contributed by atoms with van der Waals surface area (Å²) in [6, 6.07) is 0. The first kappa shape index (κ1) is 14.7. The number of aliphatic imine (C=N–C) groups is 1. The van der Waals surface area contributed by atoms with Gasteiger partial charge in [0.15, 0.2) is 5.96 Å². The zero-order valence-corrected chi connectivity index (χ0v) is 12.6. The van der Waals surface area contributed by atoms with E-state index in [-0.39, 0.29) is 30.1 Å². The number of hydrogen-bond donors (Lipinski definition) is 2. The highest BCUT2D eigenvalue weighted by Crippen LogP contribution is 2.10. The van der Waals surface area contributed by atoms with Gasteiger partial charge in [0.1, 0.15) is 5.01 Å². The molecule has 1 saturated heterocycles. The van der Waals surface area contributed by atoms with Crippen molar-refractivity contribution >= 4 is 41.3 Å². The zero-order chi connectivity index (χ0) is 11.2. The van der Waals surface area contributed by atoms with Crippen molar-refractivity contribution in [3.8, 4) is 0 Å². The van der Waals surface area contributed by atoms with Crippen molar-refractivity contribution in [2.45, 2.75) is 25.5 Å². The van der Waals surface area contributed by atoms with E-state index in [4.69, 9.17) is 10.5 Å². The van der Waals surface area contributed by atoms with Gasteiger partial charge in [-0.2, -0.15) is 0 Å². The number of guanidine groups is 1. The summed E-state index contributed by atoms with van der Waals surface area (Å²) in [4.78, 5) is 8.33. The number of ether oxygens (including phenoxy) is 1. The van der Waals surface area contributed by atoms with Gasteiger partial charge < -0.3 is 15.8 Å². The van der Waals surface area contributed by atoms with E-state index in [0.29, 0.717) is 12.5 Å². The van der Waals surface area contributed by atoms with Crippen LogP contribution in [0.25, 0.3) is 0 Å². The molecule has 0 aliphatic carbocycles. The van der Waals surface area contributed by atoms with Crippen LogP contribution < -0.4 is 11.1 Å². The summed E-state index contributed by atoms with van der Waals surface area (Å²) >= 11 is 1.58. The number of halogens is 1. The second-order valence-corrected chi connectivity index (χ2v) is 4.62. The molecule has 1 aromatic heterocycles. The molecule has 2 rings (SSSR count). The van der Waals surface area contributed by atoms with Gasteiger partial charge in [0.05, 0.1) is 12.6 Å². The average Bonchev–Trinajstić information content (AvgIpc) is 2.96. The largest absolute Gasteiger partial charge is 0.376 e. The Labute approximate surface area is 122 Å². The minimum Gasteiger partial charge on any atom is -0.376 e. The third-order valence-electron chi connectivity index (χ3n) is 2.40. The molecule has 1 aliphatic rings.